The summed E-state index contributed by atoms with van der Waals surface area (Å²) >= 11 is 0. The van der Waals surface area contributed by atoms with E-state index < -0.39 is 23.8 Å². The summed E-state index contributed by atoms with van der Waals surface area (Å²) in [5.74, 6) is -0.218. The number of carbonyl (C=O) groups is 3. The Labute approximate surface area is 169 Å². The van der Waals surface area contributed by atoms with Crippen molar-refractivity contribution in [3.63, 3.8) is 0 Å². The van der Waals surface area contributed by atoms with Gasteiger partial charge in [-0.15, -0.1) is 0 Å². The van der Waals surface area contributed by atoms with Crippen LogP contribution in [-0.4, -0.2) is 57.3 Å². The van der Waals surface area contributed by atoms with Gasteiger partial charge in [0.05, 0.1) is 29.9 Å². The Kier molecular flexibility index (Phi) is 5.76. The highest BCUT2D eigenvalue weighted by atomic mass is 16.6. The number of nitrogens with one attached hydrogen (secondary N) is 1. The molecule has 0 radical (unpaired) electrons. The van der Waals surface area contributed by atoms with E-state index in [9.17, 15) is 14.4 Å². The third-order valence-electron chi connectivity index (χ3n) is 4.44. The van der Waals surface area contributed by atoms with Gasteiger partial charge in [-0.1, -0.05) is 0 Å². The summed E-state index contributed by atoms with van der Waals surface area (Å²) in [6.07, 6.45) is 0.974. The number of ether oxygens (including phenoxy) is 2. The lowest BCUT2D eigenvalue weighted by atomic mass is 10.2. The molecule has 29 heavy (non-hydrogen) atoms. The first kappa shape index (κ1) is 20.6. The van der Waals surface area contributed by atoms with Crippen molar-refractivity contribution in [2.75, 3.05) is 13.2 Å². The standard InChI is InChI=1S/C20H26N4O5/c1-5-28-19(27)24-13(11-15-16(24)7-6-9-21-15)12-23-10-8-14(17(23)25)22-18(26)29-20(2,3)4/h6-7,9,11,14H,5,8,10,12H2,1-4H3,(H,22,26). The molecule has 0 aliphatic carbocycles. The van der Waals surface area contributed by atoms with Crippen molar-refractivity contribution in [1.82, 2.24) is 19.8 Å². The Morgan fingerprint density at radius 2 is 2.10 bits per heavy atom. The van der Waals surface area contributed by atoms with E-state index in [1.165, 1.54) is 4.57 Å². The van der Waals surface area contributed by atoms with Crippen LogP contribution in [0.15, 0.2) is 24.4 Å². The average molecular weight is 402 g/mol. The van der Waals surface area contributed by atoms with Gasteiger partial charge in [0.1, 0.15) is 11.6 Å². The Balaban J connectivity index is 1.76. The molecule has 9 heteroatoms. The number of pyridine rings is 1. The first-order valence-electron chi connectivity index (χ1n) is 9.60. The Bertz CT molecular complexity index is 931. The fourth-order valence-corrected chi connectivity index (χ4v) is 3.28. The fraction of sp³-hybridized carbons (Fsp3) is 0.500. The number of fused-ring (bicyclic) bond motifs is 1. The molecule has 1 fully saturated rings. The maximum absolute atomic E-state index is 12.7. The van der Waals surface area contributed by atoms with Gasteiger partial charge < -0.3 is 19.7 Å². The largest absolute Gasteiger partial charge is 0.449 e. The molecular weight excluding hydrogens is 376 g/mol. The molecule has 1 saturated heterocycles. The molecule has 2 amide bonds. The molecule has 0 bridgehead atoms. The molecular formula is C20H26N4O5. The van der Waals surface area contributed by atoms with E-state index in [-0.39, 0.29) is 19.1 Å². The lowest BCUT2D eigenvalue weighted by Gasteiger charge is -2.22. The number of likely N-dealkylation sites (tertiary alicyclic amines) is 1. The maximum atomic E-state index is 12.7. The minimum atomic E-state index is -0.650. The van der Waals surface area contributed by atoms with Crippen LogP contribution >= 0.6 is 0 Å². The maximum Gasteiger partial charge on any atom is 0.418 e. The summed E-state index contributed by atoms with van der Waals surface area (Å²) in [6.45, 7) is 7.92. The predicted molar refractivity (Wildman–Crippen MR) is 105 cm³/mol. The summed E-state index contributed by atoms with van der Waals surface area (Å²) in [5, 5.41) is 2.62. The molecule has 0 saturated carbocycles. The number of rotatable bonds is 4. The minimum absolute atomic E-state index is 0.209. The van der Waals surface area contributed by atoms with Crippen molar-refractivity contribution < 1.29 is 23.9 Å². The fourth-order valence-electron chi connectivity index (χ4n) is 3.28. The topological polar surface area (TPSA) is 103 Å². The average Bonchev–Trinajstić information content (AvgIpc) is 3.15. The molecule has 9 nitrogen and oxygen atoms in total. The van der Waals surface area contributed by atoms with Crippen molar-refractivity contribution in [2.45, 2.75) is 52.3 Å². The number of carbonyl (C=O) groups excluding carboxylic acids is 3. The summed E-state index contributed by atoms with van der Waals surface area (Å²) in [7, 11) is 0. The molecule has 1 aliphatic rings. The van der Waals surface area contributed by atoms with E-state index in [2.05, 4.69) is 10.3 Å². The highest BCUT2D eigenvalue weighted by Crippen LogP contribution is 2.22. The van der Waals surface area contributed by atoms with E-state index in [1.54, 1.807) is 57.0 Å². The second-order valence-electron chi connectivity index (χ2n) is 7.83. The van der Waals surface area contributed by atoms with E-state index >= 15 is 0 Å². The molecule has 2 aromatic rings. The lowest BCUT2D eigenvalue weighted by Crippen LogP contribution is -2.43. The number of aromatic nitrogens is 2. The molecule has 1 aliphatic heterocycles. The molecule has 2 aromatic heterocycles. The van der Waals surface area contributed by atoms with Crippen molar-refractivity contribution >= 4 is 29.1 Å². The molecule has 1 unspecified atom stereocenters. The monoisotopic (exact) mass is 402 g/mol. The van der Waals surface area contributed by atoms with Crippen molar-refractivity contribution in [1.29, 1.82) is 0 Å². The summed E-state index contributed by atoms with van der Waals surface area (Å²) < 4.78 is 11.8. The molecule has 3 heterocycles. The molecule has 1 N–H and O–H groups in total. The van der Waals surface area contributed by atoms with E-state index in [1.807, 2.05) is 0 Å². The number of nitrogens with zero attached hydrogens (tertiary/aromatic N) is 3. The zero-order valence-electron chi connectivity index (χ0n) is 17.1. The van der Waals surface area contributed by atoms with Crippen LogP contribution in [0.1, 0.15) is 39.8 Å². The van der Waals surface area contributed by atoms with Crippen LogP contribution in [0.4, 0.5) is 9.59 Å². The molecule has 0 spiro atoms. The zero-order chi connectivity index (χ0) is 21.2. The van der Waals surface area contributed by atoms with Crippen LogP contribution in [-0.2, 0) is 20.8 Å². The molecule has 0 aromatic carbocycles. The van der Waals surface area contributed by atoms with E-state index in [0.29, 0.717) is 29.7 Å². The first-order valence-corrected chi connectivity index (χ1v) is 9.60. The van der Waals surface area contributed by atoms with Crippen LogP contribution in [0, 0.1) is 0 Å². The Morgan fingerprint density at radius 3 is 2.79 bits per heavy atom. The number of hydrogen-bond acceptors (Lipinski definition) is 6. The summed E-state index contributed by atoms with van der Waals surface area (Å²) in [6, 6.07) is 4.64. The van der Waals surface area contributed by atoms with Crippen molar-refractivity contribution in [2.24, 2.45) is 0 Å². The Hall–Kier alpha value is -3.10. The van der Waals surface area contributed by atoms with Gasteiger partial charge in [0.15, 0.2) is 0 Å². The second kappa shape index (κ2) is 8.10. The highest BCUT2D eigenvalue weighted by molar-refractivity contribution is 5.90. The zero-order valence-corrected chi connectivity index (χ0v) is 17.1. The van der Waals surface area contributed by atoms with Crippen molar-refractivity contribution in [3.05, 3.63) is 30.1 Å². The van der Waals surface area contributed by atoms with Crippen LogP contribution in [0.3, 0.4) is 0 Å². The lowest BCUT2D eigenvalue weighted by molar-refractivity contribution is -0.130. The van der Waals surface area contributed by atoms with Crippen LogP contribution in [0.25, 0.3) is 11.0 Å². The van der Waals surface area contributed by atoms with E-state index in [4.69, 9.17) is 9.47 Å². The highest BCUT2D eigenvalue weighted by Gasteiger charge is 2.34. The molecule has 3 rings (SSSR count). The van der Waals surface area contributed by atoms with Crippen LogP contribution < -0.4 is 5.32 Å². The normalized spacial score (nSPS) is 16.9. The smallest absolute Gasteiger partial charge is 0.418 e. The summed E-state index contributed by atoms with van der Waals surface area (Å²) in [4.78, 5) is 43.1. The number of alkyl carbamates (subject to hydrolysis) is 1. The van der Waals surface area contributed by atoms with Gasteiger partial charge in [0.2, 0.25) is 5.91 Å². The van der Waals surface area contributed by atoms with Gasteiger partial charge in [-0.2, -0.15) is 0 Å². The van der Waals surface area contributed by atoms with Gasteiger partial charge in [-0.3, -0.25) is 9.78 Å². The molecule has 156 valence electrons. The summed E-state index contributed by atoms with van der Waals surface area (Å²) in [5.41, 5.74) is 1.23. The second-order valence-corrected chi connectivity index (χ2v) is 7.83. The third-order valence-corrected chi connectivity index (χ3v) is 4.44. The minimum Gasteiger partial charge on any atom is -0.449 e. The third kappa shape index (κ3) is 4.67. The van der Waals surface area contributed by atoms with Crippen molar-refractivity contribution in [3.8, 4) is 0 Å². The van der Waals surface area contributed by atoms with Crippen LogP contribution in [0.2, 0.25) is 0 Å². The Morgan fingerprint density at radius 1 is 1.34 bits per heavy atom. The van der Waals surface area contributed by atoms with Gasteiger partial charge in [-0.05, 0) is 52.3 Å². The van der Waals surface area contributed by atoms with Gasteiger partial charge >= 0.3 is 12.2 Å². The van der Waals surface area contributed by atoms with Crippen LogP contribution in [0.5, 0.6) is 0 Å². The molecule has 1 atom stereocenters. The first-order chi connectivity index (χ1) is 13.7. The quantitative estimate of drug-likeness (QED) is 0.843. The SMILES string of the molecule is CCOC(=O)n1c(CN2CCC(NC(=O)OC(C)(C)C)C2=O)cc2ncccc21. The van der Waals surface area contributed by atoms with E-state index in [0.717, 1.165) is 0 Å². The number of hydrogen-bond donors (Lipinski definition) is 1. The predicted octanol–water partition coefficient (Wildman–Crippen LogP) is 2.67. The van der Waals surface area contributed by atoms with Gasteiger partial charge in [-0.25, -0.2) is 14.2 Å². The number of amides is 2. The van der Waals surface area contributed by atoms with Gasteiger partial charge in [0.25, 0.3) is 0 Å². The van der Waals surface area contributed by atoms with Gasteiger partial charge in [0, 0.05) is 12.7 Å².